The van der Waals surface area contributed by atoms with Crippen molar-refractivity contribution in [2.24, 2.45) is 4.99 Å². The van der Waals surface area contributed by atoms with Crippen LogP contribution >= 0.6 is 11.3 Å². The molecule has 4 rings (SSSR count). The Bertz CT molecular complexity index is 1680. The second-order valence-electron chi connectivity index (χ2n) is 8.20. The number of ether oxygens (including phenoxy) is 3. The lowest BCUT2D eigenvalue weighted by Crippen LogP contribution is -2.26. The quantitative estimate of drug-likeness (QED) is 0.281. The van der Waals surface area contributed by atoms with Gasteiger partial charge in [0.15, 0.2) is 16.3 Å². The molecule has 0 saturated carbocycles. The molecule has 0 saturated heterocycles. The monoisotopic (exact) mass is 569 g/mol. The lowest BCUT2D eigenvalue weighted by Gasteiger charge is -2.19. The Kier molecular flexibility index (Phi) is 8.36. The SMILES string of the molecule is CCOC(=O)Cn1c(=NC(=O)c2ccc(S(=O)(=O)N(C)c3ccccc3)cc2)sc2cc(OC)c(OC)cc21. The fraction of sp³-hybridized carbons (Fsp3) is 0.222. The number of methoxy groups -OCH3 is 2. The number of fused-ring (bicyclic) bond motifs is 1. The van der Waals surface area contributed by atoms with Gasteiger partial charge in [0.1, 0.15) is 6.54 Å². The van der Waals surface area contributed by atoms with E-state index < -0.39 is 21.9 Å². The largest absolute Gasteiger partial charge is 0.493 e. The van der Waals surface area contributed by atoms with Gasteiger partial charge in [-0.15, -0.1) is 0 Å². The molecule has 3 aromatic carbocycles. The number of sulfonamides is 1. The van der Waals surface area contributed by atoms with Gasteiger partial charge >= 0.3 is 5.97 Å². The predicted octanol–water partition coefficient (Wildman–Crippen LogP) is 3.85. The van der Waals surface area contributed by atoms with E-state index >= 15 is 0 Å². The fourth-order valence-electron chi connectivity index (χ4n) is 3.83. The molecule has 0 unspecified atom stereocenters. The summed E-state index contributed by atoms with van der Waals surface area (Å²) in [6.07, 6.45) is 0. The van der Waals surface area contributed by atoms with Gasteiger partial charge in [-0.2, -0.15) is 4.99 Å². The Labute approximate surface area is 229 Å². The molecule has 0 radical (unpaired) electrons. The molecule has 0 atom stereocenters. The number of para-hydroxylation sites is 1. The van der Waals surface area contributed by atoms with E-state index in [4.69, 9.17) is 14.2 Å². The summed E-state index contributed by atoms with van der Waals surface area (Å²) >= 11 is 1.19. The van der Waals surface area contributed by atoms with Gasteiger partial charge in [0, 0.05) is 24.7 Å². The molecule has 1 amide bonds. The third-order valence-electron chi connectivity index (χ3n) is 5.86. The summed E-state index contributed by atoms with van der Waals surface area (Å²) < 4.78 is 45.5. The summed E-state index contributed by atoms with van der Waals surface area (Å²) in [5.41, 5.74) is 1.31. The third kappa shape index (κ3) is 5.81. The highest BCUT2D eigenvalue weighted by molar-refractivity contribution is 7.92. The zero-order valence-electron chi connectivity index (χ0n) is 21.8. The van der Waals surface area contributed by atoms with Gasteiger partial charge in [0.25, 0.3) is 15.9 Å². The van der Waals surface area contributed by atoms with Gasteiger partial charge in [0.05, 0.1) is 41.6 Å². The molecule has 0 bridgehead atoms. The average molecular weight is 570 g/mol. The summed E-state index contributed by atoms with van der Waals surface area (Å²) in [7, 11) is 0.646. The molecule has 0 aliphatic heterocycles. The Morgan fingerprint density at radius 1 is 0.974 bits per heavy atom. The minimum absolute atomic E-state index is 0.0313. The maximum atomic E-state index is 13.1. The molecular formula is C27H27N3O7S2. The van der Waals surface area contributed by atoms with Gasteiger partial charge in [0.2, 0.25) is 0 Å². The zero-order valence-corrected chi connectivity index (χ0v) is 23.4. The van der Waals surface area contributed by atoms with E-state index in [0.717, 1.165) is 0 Å². The summed E-state index contributed by atoms with van der Waals surface area (Å²) in [6.45, 7) is 1.75. The number of hydrogen-bond donors (Lipinski definition) is 0. The molecule has 39 heavy (non-hydrogen) atoms. The topological polar surface area (TPSA) is 117 Å². The predicted molar refractivity (Wildman–Crippen MR) is 148 cm³/mol. The number of benzene rings is 3. The van der Waals surface area contributed by atoms with Crippen LogP contribution in [0.25, 0.3) is 10.2 Å². The highest BCUT2D eigenvalue weighted by atomic mass is 32.2. The van der Waals surface area contributed by atoms with Crippen LogP contribution < -0.4 is 18.6 Å². The van der Waals surface area contributed by atoms with E-state index in [-0.39, 0.29) is 28.4 Å². The van der Waals surface area contributed by atoms with E-state index in [9.17, 15) is 18.0 Å². The van der Waals surface area contributed by atoms with Crippen LogP contribution in [0.3, 0.4) is 0 Å². The van der Waals surface area contributed by atoms with Crippen molar-refractivity contribution < 1.29 is 32.2 Å². The molecule has 0 aliphatic rings. The number of aromatic nitrogens is 1. The molecule has 0 aliphatic carbocycles. The first-order chi connectivity index (χ1) is 18.7. The lowest BCUT2D eigenvalue weighted by atomic mass is 10.2. The molecular weight excluding hydrogens is 542 g/mol. The van der Waals surface area contributed by atoms with Crippen LogP contribution in [0.2, 0.25) is 0 Å². The number of carbonyl (C=O) groups excluding carboxylic acids is 2. The smallest absolute Gasteiger partial charge is 0.326 e. The fourth-order valence-corrected chi connectivity index (χ4v) is 6.06. The van der Waals surface area contributed by atoms with Crippen LogP contribution in [0, 0.1) is 0 Å². The van der Waals surface area contributed by atoms with Crippen LogP contribution in [0.5, 0.6) is 11.5 Å². The van der Waals surface area contributed by atoms with Gasteiger partial charge < -0.3 is 18.8 Å². The Hall–Kier alpha value is -4.16. The number of thiazole rings is 1. The van der Waals surface area contributed by atoms with Crippen molar-refractivity contribution in [1.29, 1.82) is 0 Å². The number of nitrogens with zero attached hydrogens (tertiary/aromatic N) is 3. The highest BCUT2D eigenvalue weighted by Gasteiger charge is 2.22. The van der Waals surface area contributed by atoms with E-state index in [2.05, 4.69) is 4.99 Å². The van der Waals surface area contributed by atoms with Crippen LogP contribution in [-0.4, -0.2) is 52.7 Å². The number of anilines is 1. The first-order valence-corrected chi connectivity index (χ1v) is 14.1. The van der Waals surface area contributed by atoms with E-state index in [1.165, 1.54) is 61.2 Å². The Morgan fingerprint density at radius 3 is 2.23 bits per heavy atom. The number of amides is 1. The summed E-state index contributed by atoms with van der Waals surface area (Å²) in [4.78, 5) is 30.0. The van der Waals surface area contributed by atoms with Crippen LogP contribution in [0.15, 0.2) is 76.6 Å². The maximum Gasteiger partial charge on any atom is 0.326 e. The number of hydrogen-bond acceptors (Lipinski definition) is 8. The summed E-state index contributed by atoms with van der Waals surface area (Å²) in [5.74, 6) is -0.142. The van der Waals surface area contributed by atoms with Gasteiger partial charge in [-0.3, -0.25) is 13.9 Å². The van der Waals surface area contributed by atoms with Crippen LogP contribution in [0.1, 0.15) is 17.3 Å². The Balaban J connectivity index is 1.71. The molecule has 4 aromatic rings. The summed E-state index contributed by atoms with van der Waals surface area (Å²) in [5, 5.41) is 0. The maximum absolute atomic E-state index is 13.1. The van der Waals surface area contributed by atoms with Crippen molar-refractivity contribution in [2.45, 2.75) is 18.4 Å². The standard InChI is InChI=1S/C27H27N3O7S2/c1-5-37-25(31)17-30-21-15-22(35-3)23(36-4)16-24(21)38-27(30)28-26(32)18-11-13-20(14-12-18)39(33,34)29(2)19-9-7-6-8-10-19/h6-16H,5,17H2,1-4H3. The van der Waals surface area contributed by atoms with Gasteiger partial charge in [-0.25, -0.2) is 8.42 Å². The molecule has 1 heterocycles. The number of carbonyl (C=O) groups is 2. The molecule has 0 spiro atoms. The van der Waals surface area contributed by atoms with Crippen molar-refractivity contribution in [2.75, 3.05) is 32.2 Å². The minimum atomic E-state index is -3.84. The van der Waals surface area contributed by atoms with Crippen LogP contribution in [-0.2, 0) is 26.1 Å². The lowest BCUT2D eigenvalue weighted by molar-refractivity contribution is -0.143. The van der Waals surface area contributed by atoms with Crippen LogP contribution in [0.4, 0.5) is 5.69 Å². The molecule has 0 fully saturated rings. The zero-order chi connectivity index (χ0) is 28.2. The first kappa shape index (κ1) is 27.9. The Morgan fingerprint density at radius 2 is 1.62 bits per heavy atom. The molecule has 10 nitrogen and oxygen atoms in total. The molecule has 12 heteroatoms. The summed E-state index contributed by atoms with van der Waals surface area (Å²) in [6, 6.07) is 17.7. The van der Waals surface area contributed by atoms with E-state index in [0.29, 0.717) is 27.4 Å². The number of esters is 1. The van der Waals surface area contributed by atoms with Crippen molar-refractivity contribution in [1.82, 2.24) is 4.57 Å². The van der Waals surface area contributed by atoms with E-state index in [1.54, 1.807) is 54.0 Å². The molecule has 0 N–H and O–H groups in total. The molecule has 1 aromatic heterocycles. The normalized spacial score (nSPS) is 11.8. The van der Waals surface area contributed by atoms with Gasteiger partial charge in [-0.05, 0) is 43.3 Å². The van der Waals surface area contributed by atoms with Crippen molar-refractivity contribution >= 4 is 49.1 Å². The average Bonchev–Trinajstić information content (AvgIpc) is 3.27. The second-order valence-corrected chi connectivity index (χ2v) is 11.2. The van der Waals surface area contributed by atoms with Crippen molar-refractivity contribution in [3.05, 3.63) is 77.1 Å². The third-order valence-corrected chi connectivity index (χ3v) is 8.70. The van der Waals surface area contributed by atoms with E-state index in [1.807, 2.05) is 0 Å². The highest BCUT2D eigenvalue weighted by Crippen LogP contribution is 2.33. The van der Waals surface area contributed by atoms with Crippen molar-refractivity contribution in [3.63, 3.8) is 0 Å². The second kappa shape index (κ2) is 11.7. The minimum Gasteiger partial charge on any atom is -0.493 e. The number of rotatable bonds is 9. The van der Waals surface area contributed by atoms with Crippen molar-refractivity contribution in [3.8, 4) is 11.5 Å². The molecule has 204 valence electrons. The van der Waals surface area contributed by atoms with Gasteiger partial charge in [-0.1, -0.05) is 29.5 Å². The first-order valence-electron chi connectivity index (χ1n) is 11.8.